The van der Waals surface area contributed by atoms with Crippen LogP contribution in [0.25, 0.3) is 0 Å². The highest BCUT2D eigenvalue weighted by Gasteiger charge is 2.52. The Balaban J connectivity index is 2.09. The van der Waals surface area contributed by atoms with Crippen LogP contribution in [0.15, 0.2) is 12.3 Å². The average molecular weight is 279 g/mol. The average Bonchev–Trinajstić information content (AvgIpc) is 2.82. The minimum absolute atomic E-state index is 0.00596. The van der Waals surface area contributed by atoms with Gasteiger partial charge in [-0.3, -0.25) is 9.48 Å². The lowest BCUT2D eigenvalue weighted by atomic mass is 9.85. The number of hydrogen-bond donors (Lipinski definition) is 0. The minimum Gasteiger partial charge on any atom is -0.398 e. The first kappa shape index (κ1) is 15.1. The molecule has 110 valence electrons. The van der Waals surface area contributed by atoms with Gasteiger partial charge in [-0.2, -0.15) is 5.10 Å². The van der Waals surface area contributed by atoms with E-state index in [2.05, 4.69) is 5.10 Å². The topological polar surface area (TPSA) is 56.6 Å². The van der Waals surface area contributed by atoms with Crippen molar-refractivity contribution in [2.24, 2.45) is 0 Å². The van der Waals surface area contributed by atoms with Gasteiger partial charge in [0, 0.05) is 20.3 Å². The van der Waals surface area contributed by atoms with Crippen LogP contribution in [0.1, 0.15) is 27.7 Å². The van der Waals surface area contributed by atoms with Gasteiger partial charge in [0.15, 0.2) is 0 Å². The van der Waals surface area contributed by atoms with Crippen molar-refractivity contribution in [1.82, 2.24) is 14.7 Å². The first-order valence-electron chi connectivity index (χ1n) is 6.71. The van der Waals surface area contributed by atoms with Crippen LogP contribution in [0.3, 0.4) is 0 Å². The van der Waals surface area contributed by atoms with Crippen molar-refractivity contribution in [3.63, 3.8) is 0 Å². The summed E-state index contributed by atoms with van der Waals surface area (Å²) in [6.07, 6.45) is 1.77. The van der Waals surface area contributed by atoms with Gasteiger partial charge in [0.05, 0.1) is 16.8 Å². The highest BCUT2D eigenvalue weighted by molar-refractivity contribution is 6.61. The van der Waals surface area contributed by atoms with Gasteiger partial charge in [0.25, 0.3) is 0 Å². The molecule has 1 saturated heterocycles. The van der Waals surface area contributed by atoms with Gasteiger partial charge in [-0.1, -0.05) is 0 Å². The summed E-state index contributed by atoms with van der Waals surface area (Å²) in [6, 6.07) is 1.82. The van der Waals surface area contributed by atoms with Crippen LogP contribution in [-0.2, 0) is 20.6 Å². The van der Waals surface area contributed by atoms with Crippen LogP contribution in [-0.4, -0.2) is 53.0 Å². The van der Waals surface area contributed by atoms with Gasteiger partial charge >= 0.3 is 7.12 Å². The summed E-state index contributed by atoms with van der Waals surface area (Å²) < 4.78 is 13.4. The van der Waals surface area contributed by atoms with Gasteiger partial charge in [-0.05, 0) is 33.8 Å². The molecule has 0 radical (unpaired) electrons. The lowest BCUT2D eigenvalue weighted by Crippen LogP contribution is -2.41. The molecule has 1 aliphatic rings. The third-order valence-electron chi connectivity index (χ3n) is 3.95. The van der Waals surface area contributed by atoms with E-state index in [0.29, 0.717) is 5.59 Å². The number of nitrogens with zero attached hydrogens (tertiary/aromatic N) is 3. The van der Waals surface area contributed by atoms with Crippen molar-refractivity contribution in [2.45, 2.75) is 45.4 Å². The summed E-state index contributed by atoms with van der Waals surface area (Å²) in [5, 5.41) is 4.36. The van der Waals surface area contributed by atoms with Crippen molar-refractivity contribution < 1.29 is 14.1 Å². The smallest absolute Gasteiger partial charge is 0.398 e. The number of rotatable bonds is 3. The molecule has 20 heavy (non-hydrogen) atoms. The van der Waals surface area contributed by atoms with Gasteiger partial charge in [0.2, 0.25) is 5.91 Å². The van der Waals surface area contributed by atoms with Crippen molar-refractivity contribution in [3.05, 3.63) is 12.3 Å². The van der Waals surface area contributed by atoms with E-state index >= 15 is 0 Å². The predicted molar refractivity (Wildman–Crippen MR) is 76.6 cm³/mol. The molecule has 0 saturated carbocycles. The fourth-order valence-electron chi connectivity index (χ4n) is 1.83. The quantitative estimate of drug-likeness (QED) is 0.745. The number of carbonyl (C=O) groups is 1. The normalized spacial score (nSPS) is 20.2. The summed E-state index contributed by atoms with van der Waals surface area (Å²) in [5.41, 5.74) is -0.0860. The second kappa shape index (κ2) is 4.89. The lowest BCUT2D eigenvalue weighted by Gasteiger charge is -2.32. The Hall–Kier alpha value is -1.34. The number of carbonyl (C=O) groups excluding carboxylic acids is 1. The lowest BCUT2D eigenvalue weighted by molar-refractivity contribution is -0.129. The standard InChI is InChI=1S/C13H22BN3O3/c1-12(2)13(3,4)20-14(19-12)10-7-8-17(15-10)9-11(18)16(5)6/h7-8H,9H2,1-6H3. The molecule has 2 heterocycles. The van der Waals surface area contributed by atoms with Gasteiger partial charge < -0.3 is 14.2 Å². The Morgan fingerprint density at radius 2 is 1.85 bits per heavy atom. The largest absolute Gasteiger partial charge is 0.516 e. The van der Waals surface area contributed by atoms with Gasteiger partial charge in [-0.15, -0.1) is 0 Å². The van der Waals surface area contributed by atoms with E-state index in [1.165, 1.54) is 4.90 Å². The summed E-state index contributed by atoms with van der Waals surface area (Å²) in [7, 11) is 2.96. The minimum atomic E-state index is -0.490. The summed E-state index contributed by atoms with van der Waals surface area (Å²) in [6.45, 7) is 8.21. The zero-order chi connectivity index (χ0) is 15.1. The number of likely N-dealkylation sites (N-methyl/N-ethyl adjacent to an activating group) is 1. The first-order chi connectivity index (χ1) is 9.12. The molecule has 1 fully saturated rings. The Labute approximate surface area is 120 Å². The van der Waals surface area contributed by atoms with Crippen molar-refractivity contribution in [3.8, 4) is 0 Å². The van der Waals surface area contributed by atoms with Crippen LogP contribution >= 0.6 is 0 Å². The van der Waals surface area contributed by atoms with Crippen molar-refractivity contribution >= 4 is 18.6 Å². The second-order valence-corrected chi connectivity index (χ2v) is 6.31. The molecular formula is C13H22BN3O3. The maximum Gasteiger partial charge on any atom is 0.516 e. The Kier molecular flexibility index (Phi) is 3.68. The van der Waals surface area contributed by atoms with Crippen LogP contribution in [0.4, 0.5) is 0 Å². The van der Waals surface area contributed by atoms with E-state index in [1.54, 1.807) is 25.0 Å². The summed E-state index contributed by atoms with van der Waals surface area (Å²) >= 11 is 0. The highest BCUT2D eigenvalue weighted by Crippen LogP contribution is 2.36. The third-order valence-corrected chi connectivity index (χ3v) is 3.95. The molecule has 0 N–H and O–H groups in total. The Morgan fingerprint density at radius 1 is 1.30 bits per heavy atom. The molecular weight excluding hydrogens is 257 g/mol. The van der Waals surface area contributed by atoms with E-state index in [4.69, 9.17) is 9.31 Å². The molecule has 1 aromatic rings. The molecule has 6 nitrogen and oxygen atoms in total. The molecule has 0 aliphatic carbocycles. The van der Waals surface area contributed by atoms with E-state index in [1.807, 2.05) is 33.8 Å². The maximum absolute atomic E-state index is 11.7. The van der Waals surface area contributed by atoms with Crippen molar-refractivity contribution in [2.75, 3.05) is 14.1 Å². The monoisotopic (exact) mass is 279 g/mol. The number of amides is 1. The Morgan fingerprint density at radius 3 is 2.35 bits per heavy atom. The number of hydrogen-bond acceptors (Lipinski definition) is 4. The fraction of sp³-hybridized carbons (Fsp3) is 0.692. The fourth-order valence-corrected chi connectivity index (χ4v) is 1.83. The molecule has 0 aromatic carbocycles. The first-order valence-corrected chi connectivity index (χ1v) is 6.71. The molecule has 0 unspecified atom stereocenters. The third kappa shape index (κ3) is 2.74. The maximum atomic E-state index is 11.7. The molecule has 0 bridgehead atoms. The van der Waals surface area contributed by atoms with E-state index in [-0.39, 0.29) is 23.7 Å². The molecule has 2 rings (SSSR count). The van der Waals surface area contributed by atoms with Gasteiger partial charge in [-0.25, -0.2) is 0 Å². The summed E-state index contributed by atoms with van der Waals surface area (Å²) in [4.78, 5) is 13.2. The SMILES string of the molecule is CN(C)C(=O)Cn1ccc(B2OC(C)(C)C(C)(C)O2)n1. The molecule has 0 spiro atoms. The molecule has 1 amide bonds. The van der Waals surface area contributed by atoms with Crippen LogP contribution in [0.2, 0.25) is 0 Å². The highest BCUT2D eigenvalue weighted by atomic mass is 16.7. The number of aromatic nitrogens is 2. The van der Waals surface area contributed by atoms with Crippen molar-refractivity contribution in [1.29, 1.82) is 0 Å². The molecule has 1 aromatic heterocycles. The Bertz CT molecular complexity index is 495. The summed E-state index contributed by atoms with van der Waals surface area (Å²) in [5.74, 6) is -0.00596. The molecule has 1 aliphatic heterocycles. The zero-order valence-corrected chi connectivity index (χ0v) is 13.0. The predicted octanol–water partition coefficient (Wildman–Crippen LogP) is 0.270. The molecule has 7 heteroatoms. The van der Waals surface area contributed by atoms with Crippen LogP contribution in [0.5, 0.6) is 0 Å². The van der Waals surface area contributed by atoms with Crippen LogP contribution in [0, 0.1) is 0 Å². The second-order valence-electron chi connectivity index (χ2n) is 6.31. The van der Waals surface area contributed by atoms with Gasteiger partial charge in [0.1, 0.15) is 6.54 Å². The molecule has 0 atom stereocenters. The van der Waals surface area contributed by atoms with E-state index in [0.717, 1.165) is 0 Å². The van der Waals surface area contributed by atoms with E-state index in [9.17, 15) is 4.79 Å². The van der Waals surface area contributed by atoms with E-state index < -0.39 is 7.12 Å². The van der Waals surface area contributed by atoms with Crippen LogP contribution < -0.4 is 5.59 Å². The zero-order valence-electron chi connectivity index (χ0n) is 13.0.